The van der Waals surface area contributed by atoms with E-state index >= 15 is 0 Å². The first-order valence-electron chi connectivity index (χ1n) is 7.39. The number of rotatable bonds is 2. The van der Waals surface area contributed by atoms with Crippen LogP contribution < -0.4 is 4.74 Å². The predicted octanol–water partition coefficient (Wildman–Crippen LogP) is 1.31. The first kappa shape index (κ1) is 15.2. The van der Waals surface area contributed by atoms with Crippen LogP contribution in [0.3, 0.4) is 0 Å². The van der Waals surface area contributed by atoms with Crippen molar-refractivity contribution < 1.29 is 19.0 Å². The monoisotopic (exact) mass is 307 g/mol. The van der Waals surface area contributed by atoms with Crippen molar-refractivity contribution in [3.63, 3.8) is 0 Å². The molecule has 0 aliphatic carbocycles. The largest absolute Gasteiger partial charge is 0.414 e. The molecule has 1 amide bonds. The lowest BCUT2D eigenvalue weighted by Crippen LogP contribution is -2.39. The highest BCUT2D eigenvalue weighted by molar-refractivity contribution is 5.71. The Balaban J connectivity index is 1.93. The fraction of sp³-hybridized carbons (Fsp3) is 0.600. The van der Waals surface area contributed by atoms with E-state index in [0.29, 0.717) is 31.3 Å². The van der Waals surface area contributed by atoms with Gasteiger partial charge in [-0.25, -0.2) is 4.79 Å². The van der Waals surface area contributed by atoms with Crippen molar-refractivity contribution in [1.82, 2.24) is 14.8 Å². The number of morpholine rings is 1. The number of aromatic nitrogens is 1. The third kappa shape index (κ3) is 2.79. The van der Waals surface area contributed by atoms with Gasteiger partial charge in [-0.15, -0.1) is 0 Å². The molecule has 1 fully saturated rings. The van der Waals surface area contributed by atoms with Crippen LogP contribution in [0, 0.1) is 6.92 Å². The topological polar surface area (TPSA) is 64.1 Å². The van der Waals surface area contributed by atoms with Crippen LogP contribution in [-0.4, -0.2) is 61.3 Å². The number of hydrogen-bond donors (Lipinski definition) is 0. The Kier molecular flexibility index (Phi) is 4.28. The Morgan fingerprint density at radius 2 is 2.14 bits per heavy atom. The Hall–Kier alpha value is -1.70. The van der Waals surface area contributed by atoms with Gasteiger partial charge in [0.25, 0.3) is 0 Å². The van der Waals surface area contributed by atoms with E-state index in [-0.39, 0.29) is 6.23 Å². The summed E-state index contributed by atoms with van der Waals surface area (Å²) in [5.41, 5.74) is 2.59. The molecule has 1 aromatic heterocycles. The Labute approximate surface area is 129 Å². The van der Waals surface area contributed by atoms with E-state index in [0.717, 1.165) is 24.2 Å². The molecule has 0 saturated carbocycles. The van der Waals surface area contributed by atoms with Crippen molar-refractivity contribution in [2.75, 3.05) is 40.4 Å². The zero-order valence-corrected chi connectivity index (χ0v) is 13.2. The molecule has 120 valence electrons. The molecule has 7 nitrogen and oxygen atoms in total. The van der Waals surface area contributed by atoms with Crippen molar-refractivity contribution in [2.45, 2.75) is 19.8 Å². The molecule has 1 saturated heterocycles. The highest BCUT2D eigenvalue weighted by Gasteiger charge is 2.35. The molecule has 0 radical (unpaired) electrons. The van der Waals surface area contributed by atoms with Gasteiger partial charge in [-0.3, -0.25) is 9.88 Å². The molecular weight excluding hydrogens is 286 g/mol. The summed E-state index contributed by atoms with van der Waals surface area (Å²) in [6.45, 7) is 5.29. The fourth-order valence-corrected chi connectivity index (χ4v) is 2.69. The lowest BCUT2D eigenvalue weighted by molar-refractivity contribution is -0.0918. The van der Waals surface area contributed by atoms with Gasteiger partial charge in [0, 0.05) is 44.5 Å². The maximum Gasteiger partial charge on any atom is 0.414 e. The van der Waals surface area contributed by atoms with Crippen LogP contribution >= 0.6 is 0 Å². The predicted molar refractivity (Wildman–Crippen MR) is 78.6 cm³/mol. The summed E-state index contributed by atoms with van der Waals surface area (Å²) in [7, 11) is 3.31. The van der Waals surface area contributed by atoms with E-state index in [9.17, 15) is 4.79 Å². The normalized spacial score (nSPS) is 21.5. The molecular formula is C15H21N3O4. The van der Waals surface area contributed by atoms with Gasteiger partial charge in [0.05, 0.1) is 25.5 Å². The van der Waals surface area contributed by atoms with Gasteiger partial charge in [-0.05, 0) is 6.92 Å². The van der Waals surface area contributed by atoms with Gasteiger partial charge in [0.1, 0.15) is 6.23 Å². The molecule has 1 aromatic rings. The summed E-state index contributed by atoms with van der Waals surface area (Å²) in [5, 5.41) is 0. The highest BCUT2D eigenvalue weighted by Crippen LogP contribution is 2.41. The number of fused-ring (bicyclic) bond motifs is 1. The summed E-state index contributed by atoms with van der Waals surface area (Å²) < 4.78 is 16.9. The zero-order valence-electron chi connectivity index (χ0n) is 13.2. The molecule has 1 atom stereocenters. The third-order valence-electron chi connectivity index (χ3n) is 3.91. The van der Waals surface area contributed by atoms with Crippen LogP contribution in [0.25, 0.3) is 0 Å². The molecule has 0 spiro atoms. The highest BCUT2D eigenvalue weighted by atomic mass is 16.6. The van der Waals surface area contributed by atoms with Gasteiger partial charge >= 0.3 is 6.09 Å². The van der Waals surface area contributed by atoms with Crippen LogP contribution in [0.4, 0.5) is 4.79 Å². The Morgan fingerprint density at radius 1 is 1.41 bits per heavy atom. The second kappa shape index (κ2) is 6.20. The average Bonchev–Trinajstić information content (AvgIpc) is 2.95. The smallest absolute Gasteiger partial charge is 0.408 e. The molecule has 7 heteroatoms. The molecule has 0 bridgehead atoms. The minimum atomic E-state index is -0.411. The van der Waals surface area contributed by atoms with Gasteiger partial charge in [0.15, 0.2) is 5.75 Å². The summed E-state index contributed by atoms with van der Waals surface area (Å²) >= 11 is 0. The zero-order chi connectivity index (χ0) is 15.7. The lowest BCUT2D eigenvalue weighted by atomic mass is 10.1. The number of pyridine rings is 1. The van der Waals surface area contributed by atoms with E-state index in [1.54, 1.807) is 20.3 Å². The Morgan fingerprint density at radius 3 is 2.82 bits per heavy atom. The number of carbonyl (C=O) groups is 1. The molecule has 3 heterocycles. The van der Waals surface area contributed by atoms with Crippen LogP contribution in [0.5, 0.6) is 5.75 Å². The van der Waals surface area contributed by atoms with Crippen molar-refractivity contribution in [2.24, 2.45) is 0 Å². The van der Waals surface area contributed by atoms with Gasteiger partial charge in [-0.2, -0.15) is 0 Å². The van der Waals surface area contributed by atoms with E-state index < -0.39 is 6.09 Å². The molecule has 0 aromatic carbocycles. The lowest BCUT2D eigenvalue weighted by Gasteiger charge is -2.32. The minimum absolute atomic E-state index is 0.203. The summed E-state index contributed by atoms with van der Waals surface area (Å²) in [5.74, 6) is 0.519. The SMILES string of the molecule is Cc1ncc2c(c1OC(=O)N(C)C)C(N1CCOCC1)OC2. The second-order valence-electron chi connectivity index (χ2n) is 5.69. The fourth-order valence-electron chi connectivity index (χ4n) is 2.69. The molecule has 0 N–H and O–H groups in total. The van der Waals surface area contributed by atoms with E-state index in [1.807, 2.05) is 6.92 Å². The summed E-state index contributed by atoms with van der Waals surface area (Å²) in [6.07, 6.45) is 1.19. The number of hydrogen-bond acceptors (Lipinski definition) is 6. The second-order valence-corrected chi connectivity index (χ2v) is 5.69. The molecule has 1 unspecified atom stereocenters. The first-order valence-corrected chi connectivity index (χ1v) is 7.39. The van der Waals surface area contributed by atoms with Gasteiger partial charge in [-0.1, -0.05) is 0 Å². The molecule has 22 heavy (non-hydrogen) atoms. The summed E-state index contributed by atoms with van der Waals surface area (Å²) in [4.78, 5) is 19.9. The van der Waals surface area contributed by atoms with Crippen molar-refractivity contribution >= 4 is 6.09 Å². The van der Waals surface area contributed by atoms with Crippen molar-refractivity contribution in [3.05, 3.63) is 23.0 Å². The summed E-state index contributed by atoms with van der Waals surface area (Å²) in [6, 6.07) is 0. The van der Waals surface area contributed by atoms with Crippen molar-refractivity contribution in [3.8, 4) is 5.75 Å². The third-order valence-corrected chi connectivity index (χ3v) is 3.91. The average molecular weight is 307 g/mol. The molecule has 2 aliphatic rings. The maximum atomic E-state index is 11.9. The standard InChI is InChI=1S/C15H21N3O4/c1-10-13(22-15(19)17(2)3)12-11(8-16-10)9-21-14(12)18-4-6-20-7-5-18/h8,14H,4-7,9H2,1-3H3. The van der Waals surface area contributed by atoms with Crippen molar-refractivity contribution in [1.29, 1.82) is 0 Å². The van der Waals surface area contributed by atoms with Crippen LogP contribution in [0.2, 0.25) is 0 Å². The molecule has 2 aliphatic heterocycles. The Bertz CT molecular complexity index is 570. The van der Waals surface area contributed by atoms with Crippen LogP contribution in [0.1, 0.15) is 23.0 Å². The number of aryl methyl sites for hydroxylation is 1. The van der Waals surface area contributed by atoms with Crippen LogP contribution in [-0.2, 0) is 16.1 Å². The van der Waals surface area contributed by atoms with E-state index in [1.165, 1.54) is 4.90 Å². The van der Waals surface area contributed by atoms with E-state index in [2.05, 4.69) is 9.88 Å². The van der Waals surface area contributed by atoms with Crippen LogP contribution in [0.15, 0.2) is 6.20 Å². The van der Waals surface area contributed by atoms with E-state index in [4.69, 9.17) is 14.2 Å². The minimum Gasteiger partial charge on any atom is -0.408 e. The van der Waals surface area contributed by atoms with Gasteiger partial charge < -0.3 is 19.1 Å². The number of ether oxygens (including phenoxy) is 3. The first-order chi connectivity index (χ1) is 10.6. The number of amides is 1. The quantitative estimate of drug-likeness (QED) is 0.821. The molecule has 3 rings (SSSR count). The number of nitrogens with zero attached hydrogens (tertiary/aromatic N) is 3. The van der Waals surface area contributed by atoms with Gasteiger partial charge in [0.2, 0.25) is 0 Å². The maximum absolute atomic E-state index is 11.9. The number of carbonyl (C=O) groups excluding carboxylic acids is 1.